The predicted octanol–water partition coefficient (Wildman–Crippen LogP) is 3.44. The van der Waals surface area contributed by atoms with Crippen LogP contribution in [-0.2, 0) is 11.3 Å². The maximum absolute atomic E-state index is 11.5. The van der Waals surface area contributed by atoms with Crippen LogP contribution < -0.4 is 5.32 Å². The van der Waals surface area contributed by atoms with Gasteiger partial charge in [0, 0.05) is 18.7 Å². The molecule has 1 rings (SSSR count). The molecule has 0 radical (unpaired) electrons. The third-order valence-electron chi connectivity index (χ3n) is 2.57. The zero-order valence-corrected chi connectivity index (χ0v) is 10.7. The molecule has 0 saturated heterocycles. The number of carbonyl (C=O) groups is 1. The van der Waals surface area contributed by atoms with E-state index in [1.807, 2.05) is 25.1 Å². The molecule has 0 aliphatic carbocycles. The second-order valence-electron chi connectivity index (χ2n) is 4.24. The summed E-state index contributed by atoms with van der Waals surface area (Å²) in [6, 6.07) is 10.2. The summed E-state index contributed by atoms with van der Waals surface area (Å²) in [6.07, 6.45) is 4.40. The first-order chi connectivity index (χ1) is 8.22. The Labute approximate surface area is 104 Å². The van der Waals surface area contributed by atoms with Crippen molar-refractivity contribution < 1.29 is 4.79 Å². The number of benzene rings is 1. The van der Waals surface area contributed by atoms with Crippen molar-refractivity contribution in [2.24, 2.45) is 0 Å². The highest BCUT2D eigenvalue weighted by Crippen LogP contribution is 2.01. The number of hydrogen-bond donors (Lipinski definition) is 1. The minimum atomic E-state index is 0.213. The number of rotatable bonds is 7. The SMILES string of the molecule is CCCCC(=O)/C=C(/C)NCc1ccccc1. The summed E-state index contributed by atoms with van der Waals surface area (Å²) in [5.74, 6) is 0.213. The number of carbonyl (C=O) groups excluding carboxylic acids is 1. The highest BCUT2D eigenvalue weighted by molar-refractivity contribution is 5.90. The fourth-order valence-electron chi connectivity index (χ4n) is 1.55. The zero-order chi connectivity index (χ0) is 12.5. The fraction of sp³-hybridized carbons (Fsp3) is 0.400. The molecular formula is C15H21NO. The molecule has 0 fully saturated rings. The van der Waals surface area contributed by atoms with Crippen molar-refractivity contribution in [2.45, 2.75) is 39.7 Å². The first-order valence-corrected chi connectivity index (χ1v) is 6.21. The molecule has 0 unspecified atom stereocenters. The Morgan fingerprint density at radius 2 is 2.00 bits per heavy atom. The number of allylic oxidation sites excluding steroid dienone is 2. The highest BCUT2D eigenvalue weighted by Gasteiger charge is 1.98. The van der Waals surface area contributed by atoms with Crippen LogP contribution in [0.1, 0.15) is 38.7 Å². The van der Waals surface area contributed by atoms with Gasteiger partial charge < -0.3 is 5.32 Å². The van der Waals surface area contributed by atoms with E-state index >= 15 is 0 Å². The van der Waals surface area contributed by atoms with Crippen molar-refractivity contribution in [3.05, 3.63) is 47.7 Å². The number of hydrogen-bond acceptors (Lipinski definition) is 2. The van der Waals surface area contributed by atoms with Crippen LogP contribution in [0, 0.1) is 0 Å². The van der Waals surface area contributed by atoms with E-state index < -0.39 is 0 Å². The van der Waals surface area contributed by atoms with Crippen molar-refractivity contribution in [2.75, 3.05) is 0 Å². The maximum atomic E-state index is 11.5. The summed E-state index contributed by atoms with van der Waals surface area (Å²) in [5, 5.41) is 3.25. The topological polar surface area (TPSA) is 29.1 Å². The molecule has 92 valence electrons. The third-order valence-corrected chi connectivity index (χ3v) is 2.57. The molecular weight excluding hydrogens is 210 g/mol. The molecule has 17 heavy (non-hydrogen) atoms. The number of ketones is 1. The summed E-state index contributed by atoms with van der Waals surface area (Å²) in [7, 11) is 0. The van der Waals surface area contributed by atoms with Crippen LogP contribution in [0.2, 0.25) is 0 Å². The van der Waals surface area contributed by atoms with Gasteiger partial charge in [-0.15, -0.1) is 0 Å². The summed E-state index contributed by atoms with van der Waals surface area (Å²) >= 11 is 0. The van der Waals surface area contributed by atoms with E-state index in [1.165, 1.54) is 5.56 Å². The lowest BCUT2D eigenvalue weighted by atomic mass is 10.1. The van der Waals surface area contributed by atoms with Gasteiger partial charge in [-0.25, -0.2) is 0 Å². The van der Waals surface area contributed by atoms with Crippen LogP contribution in [0.15, 0.2) is 42.1 Å². The van der Waals surface area contributed by atoms with E-state index in [0.717, 1.165) is 25.1 Å². The minimum Gasteiger partial charge on any atom is -0.384 e. The van der Waals surface area contributed by atoms with Gasteiger partial charge >= 0.3 is 0 Å². The second kappa shape index (κ2) is 7.66. The quantitative estimate of drug-likeness (QED) is 0.728. The summed E-state index contributed by atoms with van der Waals surface area (Å²) in [4.78, 5) is 11.5. The lowest BCUT2D eigenvalue weighted by Crippen LogP contribution is -2.11. The fourth-order valence-corrected chi connectivity index (χ4v) is 1.55. The minimum absolute atomic E-state index is 0.213. The molecule has 0 aliphatic heterocycles. The van der Waals surface area contributed by atoms with Gasteiger partial charge in [0.25, 0.3) is 0 Å². The average Bonchev–Trinajstić information content (AvgIpc) is 2.35. The standard InChI is InChI=1S/C15H21NO/c1-3-4-10-15(17)11-13(2)16-12-14-8-6-5-7-9-14/h5-9,11,16H,3-4,10,12H2,1-2H3/b13-11-. The van der Waals surface area contributed by atoms with Gasteiger partial charge in [0.2, 0.25) is 0 Å². The normalized spacial score (nSPS) is 11.3. The number of nitrogens with one attached hydrogen (secondary N) is 1. The first-order valence-electron chi connectivity index (χ1n) is 6.21. The van der Waals surface area contributed by atoms with Gasteiger partial charge in [-0.1, -0.05) is 43.7 Å². The Morgan fingerprint density at radius 3 is 2.65 bits per heavy atom. The molecule has 0 bridgehead atoms. The van der Waals surface area contributed by atoms with Crippen LogP contribution >= 0.6 is 0 Å². The molecule has 0 aromatic heterocycles. The van der Waals surface area contributed by atoms with E-state index in [9.17, 15) is 4.79 Å². The van der Waals surface area contributed by atoms with Crippen LogP contribution in [0.5, 0.6) is 0 Å². The Balaban J connectivity index is 2.36. The van der Waals surface area contributed by atoms with Gasteiger partial charge in [-0.05, 0) is 25.0 Å². The molecule has 1 aromatic rings. The molecule has 0 spiro atoms. The lowest BCUT2D eigenvalue weighted by Gasteiger charge is -2.06. The Hall–Kier alpha value is -1.57. The largest absolute Gasteiger partial charge is 0.384 e. The highest BCUT2D eigenvalue weighted by atomic mass is 16.1. The van der Waals surface area contributed by atoms with Crippen LogP contribution in [0.4, 0.5) is 0 Å². The molecule has 1 N–H and O–H groups in total. The van der Waals surface area contributed by atoms with Crippen molar-refractivity contribution in [1.29, 1.82) is 0 Å². The Kier molecular flexibility index (Phi) is 6.08. The molecule has 2 nitrogen and oxygen atoms in total. The molecule has 1 aromatic carbocycles. The van der Waals surface area contributed by atoms with Crippen molar-refractivity contribution >= 4 is 5.78 Å². The van der Waals surface area contributed by atoms with E-state index in [2.05, 4.69) is 24.4 Å². The predicted molar refractivity (Wildman–Crippen MR) is 71.6 cm³/mol. The monoisotopic (exact) mass is 231 g/mol. The third kappa shape index (κ3) is 5.91. The maximum Gasteiger partial charge on any atom is 0.157 e. The van der Waals surface area contributed by atoms with E-state index in [4.69, 9.17) is 0 Å². The van der Waals surface area contributed by atoms with E-state index in [0.29, 0.717) is 6.42 Å². The molecule has 0 atom stereocenters. The van der Waals surface area contributed by atoms with Gasteiger partial charge in [-0.3, -0.25) is 4.79 Å². The Bertz CT molecular complexity index is 368. The van der Waals surface area contributed by atoms with E-state index in [-0.39, 0.29) is 5.78 Å². The van der Waals surface area contributed by atoms with Crippen LogP contribution in [0.25, 0.3) is 0 Å². The van der Waals surface area contributed by atoms with E-state index in [1.54, 1.807) is 6.08 Å². The smallest absolute Gasteiger partial charge is 0.157 e. The van der Waals surface area contributed by atoms with Gasteiger partial charge in [-0.2, -0.15) is 0 Å². The van der Waals surface area contributed by atoms with Crippen LogP contribution in [-0.4, -0.2) is 5.78 Å². The molecule has 0 amide bonds. The Morgan fingerprint density at radius 1 is 1.29 bits per heavy atom. The van der Waals surface area contributed by atoms with Gasteiger partial charge in [0.1, 0.15) is 0 Å². The van der Waals surface area contributed by atoms with Gasteiger partial charge in [0.05, 0.1) is 0 Å². The molecule has 0 saturated carbocycles. The zero-order valence-electron chi connectivity index (χ0n) is 10.7. The van der Waals surface area contributed by atoms with Crippen LogP contribution in [0.3, 0.4) is 0 Å². The van der Waals surface area contributed by atoms with Gasteiger partial charge in [0.15, 0.2) is 5.78 Å². The van der Waals surface area contributed by atoms with Crippen molar-refractivity contribution in [3.63, 3.8) is 0 Å². The van der Waals surface area contributed by atoms with Crippen molar-refractivity contribution in [3.8, 4) is 0 Å². The lowest BCUT2D eigenvalue weighted by molar-refractivity contribution is -0.114. The summed E-state index contributed by atoms with van der Waals surface area (Å²) in [6.45, 7) is 4.80. The molecule has 0 heterocycles. The molecule has 0 aliphatic rings. The summed E-state index contributed by atoms with van der Waals surface area (Å²) < 4.78 is 0. The average molecular weight is 231 g/mol. The summed E-state index contributed by atoms with van der Waals surface area (Å²) in [5.41, 5.74) is 2.16. The first kappa shape index (κ1) is 13.5. The van der Waals surface area contributed by atoms with Crippen molar-refractivity contribution in [1.82, 2.24) is 5.32 Å². The molecule has 2 heteroatoms. The second-order valence-corrected chi connectivity index (χ2v) is 4.24. The number of unbranched alkanes of at least 4 members (excludes halogenated alkanes) is 1.